The van der Waals surface area contributed by atoms with Gasteiger partial charge in [0.25, 0.3) is 0 Å². The zero-order valence-electron chi connectivity index (χ0n) is 12.3. The lowest BCUT2D eigenvalue weighted by Gasteiger charge is -2.39. The van der Waals surface area contributed by atoms with Gasteiger partial charge in [-0.05, 0) is 43.2 Å². The molecule has 2 unspecified atom stereocenters. The molecule has 20 heavy (non-hydrogen) atoms. The van der Waals surface area contributed by atoms with E-state index in [2.05, 4.69) is 32.0 Å². The van der Waals surface area contributed by atoms with E-state index in [9.17, 15) is 5.11 Å². The van der Waals surface area contributed by atoms with Crippen molar-refractivity contribution in [1.82, 2.24) is 4.98 Å². The van der Waals surface area contributed by atoms with Gasteiger partial charge < -0.3 is 5.11 Å². The smallest absolute Gasteiger partial charge is 0.0708 e. The number of fused-ring (bicyclic) bond motifs is 1. The predicted molar refractivity (Wildman–Crippen MR) is 82.6 cm³/mol. The summed E-state index contributed by atoms with van der Waals surface area (Å²) in [6, 6.07) is 12.3. The van der Waals surface area contributed by atoms with Gasteiger partial charge in [0.2, 0.25) is 0 Å². The minimum Gasteiger partial charge on any atom is -0.389 e. The molecule has 106 valence electrons. The molecule has 2 nitrogen and oxygen atoms in total. The largest absolute Gasteiger partial charge is 0.389 e. The number of benzene rings is 1. The molecular weight excluding hydrogens is 246 g/mol. The summed E-state index contributed by atoms with van der Waals surface area (Å²) in [5, 5.41) is 12.1. The van der Waals surface area contributed by atoms with Crippen molar-refractivity contribution in [2.45, 2.75) is 45.1 Å². The molecule has 1 saturated carbocycles. The van der Waals surface area contributed by atoms with Crippen LogP contribution in [0.2, 0.25) is 0 Å². The first-order chi connectivity index (χ1) is 9.54. The highest BCUT2D eigenvalue weighted by Gasteiger charge is 2.36. The number of para-hydroxylation sites is 1. The lowest BCUT2D eigenvalue weighted by atomic mass is 9.72. The van der Waals surface area contributed by atoms with Crippen LogP contribution in [0.5, 0.6) is 0 Å². The van der Waals surface area contributed by atoms with Gasteiger partial charge in [-0.15, -0.1) is 0 Å². The van der Waals surface area contributed by atoms with E-state index in [-0.39, 0.29) is 0 Å². The number of hydrogen-bond donors (Lipinski definition) is 1. The number of aromatic nitrogens is 1. The normalized spacial score (nSPS) is 30.6. The van der Waals surface area contributed by atoms with Crippen LogP contribution in [-0.4, -0.2) is 15.7 Å². The third-order valence-corrected chi connectivity index (χ3v) is 4.43. The Labute approximate surface area is 120 Å². The van der Waals surface area contributed by atoms with E-state index in [0.29, 0.717) is 18.3 Å². The molecule has 3 rings (SSSR count). The second-order valence-corrected chi connectivity index (χ2v) is 6.75. The second kappa shape index (κ2) is 5.17. The van der Waals surface area contributed by atoms with Gasteiger partial charge in [0.15, 0.2) is 0 Å². The molecular formula is C18H23NO. The van der Waals surface area contributed by atoms with Crippen molar-refractivity contribution >= 4 is 10.9 Å². The van der Waals surface area contributed by atoms with Gasteiger partial charge in [0.05, 0.1) is 11.1 Å². The number of hydrogen-bond acceptors (Lipinski definition) is 2. The lowest BCUT2D eigenvalue weighted by molar-refractivity contribution is -0.0311. The van der Waals surface area contributed by atoms with Crippen molar-refractivity contribution < 1.29 is 5.11 Å². The third-order valence-electron chi connectivity index (χ3n) is 4.43. The highest BCUT2D eigenvalue weighted by atomic mass is 16.3. The van der Waals surface area contributed by atoms with Crippen LogP contribution in [0.1, 0.15) is 38.8 Å². The Morgan fingerprint density at radius 1 is 1.10 bits per heavy atom. The monoisotopic (exact) mass is 269 g/mol. The summed E-state index contributed by atoms with van der Waals surface area (Å²) in [6.45, 7) is 4.49. The summed E-state index contributed by atoms with van der Waals surface area (Å²) in [4.78, 5) is 4.70. The van der Waals surface area contributed by atoms with Crippen LogP contribution in [0.15, 0.2) is 36.4 Å². The molecule has 0 aliphatic heterocycles. The maximum absolute atomic E-state index is 10.9. The molecule has 1 aromatic carbocycles. The Bertz CT molecular complexity index is 597. The minimum atomic E-state index is -0.577. The Morgan fingerprint density at radius 2 is 1.80 bits per heavy atom. The fraction of sp³-hybridized carbons (Fsp3) is 0.500. The van der Waals surface area contributed by atoms with E-state index < -0.39 is 5.60 Å². The zero-order chi connectivity index (χ0) is 14.2. The van der Waals surface area contributed by atoms with E-state index in [1.165, 1.54) is 6.42 Å². The molecule has 1 fully saturated rings. The minimum absolute atomic E-state index is 0.577. The van der Waals surface area contributed by atoms with Crippen molar-refractivity contribution in [2.75, 3.05) is 0 Å². The maximum atomic E-state index is 10.9. The summed E-state index contributed by atoms with van der Waals surface area (Å²) in [7, 11) is 0. The molecule has 0 bridgehead atoms. The molecule has 0 spiro atoms. The zero-order valence-corrected chi connectivity index (χ0v) is 12.3. The molecule has 0 saturated heterocycles. The van der Waals surface area contributed by atoms with Crippen LogP contribution in [0.4, 0.5) is 0 Å². The third kappa shape index (κ3) is 2.85. The quantitative estimate of drug-likeness (QED) is 0.895. The van der Waals surface area contributed by atoms with Crippen molar-refractivity contribution in [3.8, 4) is 0 Å². The van der Waals surface area contributed by atoms with Gasteiger partial charge in [0.1, 0.15) is 0 Å². The molecule has 0 amide bonds. The highest BCUT2D eigenvalue weighted by Crippen LogP contribution is 2.37. The number of aliphatic hydroxyl groups is 1. The SMILES string of the molecule is CC1CC(C)CC(O)(Cc2ccc3ccccc3n2)C1. The second-order valence-electron chi connectivity index (χ2n) is 6.75. The Morgan fingerprint density at radius 3 is 2.55 bits per heavy atom. The van der Waals surface area contributed by atoms with Gasteiger partial charge >= 0.3 is 0 Å². The van der Waals surface area contributed by atoms with Crippen molar-refractivity contribution in [2.24, 2.45) is 11.8 Å². The number of nitrogens with zero attached hydrogens (tertiary/aromatic N) is 1. The van der Waals surface area contributed by atoms with Crippen LogP contribution in [0, 0.1) is 11.8 Å². The fourth-order valence-corrected chi connectivity index (χ4v) is 3.92. The Kier molecular flexibility index (Phi) is 3.51. The van der Waals surface area contributed by atoms with Crippen LogP contribution in [-0.2, 0) is 6.42 Å². The van der Waals surface area contributed by atoms with E-state index in [4.69, 9.17) is 4.98 Å². The lowest BCUT2D eigenvalue weighted by Crippen LogP contribution is -2.40. The van der Waals surface area contributed by atoms with Crippen LogP contribution < -0.4 is 0 Å². The topological polar surface area (TPSA) is 33.1 Å². The predicted octanol–water partition coefficient (Wildman–Crippen LogP) is 3.96. The summed E-state index contributed by atoms with van der Waals surface area (Å²) in [5.74, 6) is 1.20. The number of rotatable bonds is 2. The summed E-state index contributed by atoms with van der Waals surface area (Å²) in [6.07, 6.45) is 3.69. The van der Waals surface area contributed by atoms with Gasteiger partial charge in [-0.3, -0.25) is 4.98 Å². The fourth-order valence-electron chi connectivity index (χ4n) is 3.92. The molecule has 1 aromatic heterocycles. The summed E-state index contributed by atoms with van der Waals surface area (Å²) >= 11 is 0. The molecule has 2 atom stereocenters. The van der Waals surface area contributed by atoms with Crippen molar-refractivity contribution in [3.05, 3.63) is 42.1 Å². The molecule has 1 aliphatic rings. The van der Waals surface area contributed by atoms with Crippen molar-refractivity contribution in [3.63, 3.8) is 0 Å². The molecule has 2 aromatic rings. The van der Waals surface area contributed by atoms with E-state index in [1.54, 1.807) is 0 Å². The van der Waals surface area contributed by atoms with Crippen LogP contribution >= 0.6 is 0 Å². The molecule has 2 heteroatoms. The number of pyridine rings is 1. The molecule has 1 N–H and O–H groups in total. The first-order valence-electron chi connectivity index (χ1n) is 7.61. The van der Waals surface area contributed by atoms with Crippen LogP contribution in [0.25, 0.3) is 10.9 Å². The van der Waals surface area contributed by atoms with E-state index >= 15 is 0 Å². The maximum Gasteiger partial charge on any atom is 0.0708 e. The van der Waals surface area contributed by atoms with Gasteiger partial charge in [-0.1, -0.05) is 38.1 Å². The van der Waals surface area contributed by atoms with Crippen molar-refractivity contribution in [1.29, 1.82) is 0 Å². The average Bonchev–Trinajstić information content (AvgIpc) is 2.36. The average molecular weight is 269 g/mol. The molecule has 1 aliphatic carbocycles. The Hall–Kier alpha value is -1.41. The summed E-state index contributed by atoms with van der Waals surface area (Å²) < 4.78 is 0. The van der Waals surface area contributed by atoms with E-state index in [0.717, 1.165) is 29.4 Å². The van der Waals surface area contributed by atoms with E-state index in [1.807, 2.05) is 18.2 Å². The molecule has 1 heterocycles. The van der Waals surface area contributed by atoms with Crippen LogP contribution in [0.3, 0.4) is 0 Å². The Balaban J connectivity index is 1.84. The van der Waals surface area contributed by atoms with Gasteiger partial charge in [0, 0.05) is 17.5 Å². The first kappa shape index (κ1) is 13.6. The first-order valence-corrected chi connectivity index (χ1v) is 7.61. The summed E-state index contributed by atoms with van der Waals surface area (Å²) in [5.41, 5.74) is 1.45. The van der Waals surface area contributed by atoms with Gasteiger partial charge in [-0.25, -0.2) is 0 Å². The highest BCUT2D eigenvalue weighted by molar-refractivity contribution is 5.78. The molecule has 0 radical (unpaired) electrons. The standard InChI is InChI=1S/C18H23NO/c1-13-9-14(2)11-18(20,10-13)12-16-8-7-15-5-3-4-6-17(15)19-16/h3-8,13-14,20H,9-12H2,1-2H3. The van der Waals surface area contributed by atoms with Gasteiger partial charge in [-0.2, -0.15) is 0 Å².